The molecule has 8 nitrogen and oxygen atoms in total. The van der Waals surface area contributed by atoms with Gasteiger partial charge in [-0.3, -0.25) is 18.9 Å². The summed E-state index contributed by atoms with van der Waals surface area (Å²) in [5.41, 5.74) is 0.964. The number of pyridine rings is 1. The molecular weight excluding hydrogens is 444 g/mol. The number of hydrogen-bond donors (Lipinski definition) is 3. The average Bonchev–Trinajstić information content (AvgIpc) is 3.09. The van der Waals surface area contributed by atoms with Gasteiger partial charge in [0.05, 0.1) is 28.7 Å². The Labute approximate surface area is 195 Å². The summed E-state index contributed by atoms with van der Waals surface area (Å²) in [6, 6.07) is 14.5. The van der Waals surface area contributed by atoms with Gasteiger partial charge in [-0.2, -0.15) is 0 Å². The van der Waals surface area contributed by atoms with Crippen LogP contribution < -0.4 is 10.9 Å². The highest BCUT2D eigenvalue weighted by molar-refractivity contribution is 6.07. The number of aromatic nitrogens is 2. The van der Waals surface area contributed by atoms with Crippen molar-refractivity contribution >= 4 is 45.6 Å². The Balaban J connectivity index is 0.00000259. The molecule has 1 fully saturated rings. The standard InChI is InChI=1S/C24H24N4O4.ClH/c1-14(11-27-12-19(29)20(30)13-27)25-23(31)18-7-4-10-28-22(18)26-21-16-6-3-2-5-15(16)8-9-17(21)24(28)32;/h2-10,14,19-20,29-30H,11-13H2,1H3,(H,25,31);1H/t14?,19-,20-;/m0./s1. The molecule has 33 heavy (non-hydrogen) atoms. The molecule has 3 atom stereocenters. The highest BCUT2D eigenvalue weighted by Crippen LogP contribution is 2.23. The van der Waals surface area contributed by atoms with E-state index in [1.54, 1.807) is 24.4 Å². The molecule has 3 heterocycles. The van der Waals surface area contributed by atoms with Crippen LogP contribution in [0.3, 0.4) is 0 Å². The van der Waals surface area contributed by atoms with E-state index in [-0.39, 0.29) is 29.9 Å². The van der Waals surface area contributed by atoms with Gasteiger partial charge in [0.2, 0.25) is 0 Å². The lowest BCUT2D eigenvalue weighted by atomic mass is 10.1. The van der Waals surface area contributed by atoms with Gasteiger partial charge in [0.15, 0.2) is 5.65 Å². The van der Waals surface area contributed by atoms with E-state index in [4.69, 9.17) is 4.98 Å². The van der Waals surface area contributed by atoms with Crippen LogP contribution in [-0.2, 0) is 0 Å². The van der Waals surface area contributed by atoms with Crippen molar-refractivity contribution in [3.05, 3.63) is 70.6 Å². The molecule has 172 valence electrons. The number of halogens is 1. The number of hydrogen-bond acceptors (Lipinski definition) is 6. The SMILES string of the molecule is CC(CN1C[C@H](O)[C@@H](O)C1)NC(=O)c1cccn2c(=O)c3ccc4ccccc4c3nc12.Cl. The maximum absolute atomic E-state index is 13.2. The number of aliphatic hydroxyl groups is 2. The molecule has 9 heteroatoms. The van der Waals surface area contributed by atoms with Crippen LogP contribution in [0.2, 0.25) is 0 Å². The lowest BCUT2D eigenvalue weighted by Gasteiger charge is -2.21. The van der Waals surface area contributed by atoms with E-state index in [0.717, 1.165) is 10.8 Å². The Morgan fingerprint density at radius 2 is 1.82 bits per heavy atom. The number of nitrogens with one attached hydrogen (secondary N) is 1. The molecule has 5 rings (SSSR count). The summed E-state index contributed by atoms with van der Waals surface area (Å²) < 4.78 is 1.41. The summed E-state index contributed by atoms with van der Waals surface area (Å²) >= 11 is 0. The molecule has 0 aliphatic carbocycles. The second-order valence-electron chi connectivity index (χ2n) is 8.44. The van der Waals surface area contributed by atoms with Gasteiger partial charge in [-0.1, -0.05) is 30.3 Å². The number of carbonyl (C=O) groups is 1. The number of β-amino-alcohol motifs (C(OH)–C–C–N with tert-alkyl or cyclic N) is 2. The number of benzene rings is 2. The predicted octanol–water partition coefficient (Wildman–Crippen LogP) is 1.58. The maximum Gasteiger partial charge on any atom is 0.265 e. The summed E-state index contributed by atoms with van der Waals surface area (Å²) in [5.74, 6) is -0.331. The summed E-state index contributed by atoms with van der Waals surface area (Å²) in [7, 11) is 0. The van der Waals surface area contributed by atoms with Gasteiger partial charge in [0.25, 0.3) is 11.5 Å². The maximum atomic E-state index is 13.2. The molecular formula is C24H25ClN4O4. The molecule has 3 N–H and O–H groups in total. The number of amides is 1. The fraction of sp³-hybridized carbons (Fsp3) is 0.292. The molecule has 0 saturated carbocycles. The van der Waals surface area contributed by atoms with Crippen molar-refractivity contribution in [2.75, 3.05) is 19.6 Å². The average molecular weight is 469 g/mol. The largest absolute Gasteiger partial charge is 0.389 e. The van der Waals surface area contributed by atoms with Crippen LogP contribution in [0.1, 0.15) is 17.3 Å². The van der Waals surface area contributed by atoms with Crippen molar-refractivity contribution < 1.29 is 15.0 Å². The van der Waals surface area contributed by atoms with Crippen LogP contribution >= 0.6 is 12.4 Å². The number of likely N-dealkylation sites (tertiary alicyclic amines) is 1. The van der Waals surface area contributed by atoms with E-state index < -0.39 is 12.2 Å². The second kappa shape index (κ2) is 9.07. The normalized spacial score (nSPS) is 19.6. The van der Waals surface area contributed by atoms with Crippen LogP contribution in [0.4, 0.5) is 0 Å². The third kappa shape index (κ3) is 4.18. The Morgan fingerprint density at radius 3 is 2.58 bits per heavy atom. The van der Waals surface area contributed by atoms with Gasteiger partial charge in [0, 0.05) is 37.3 Å². The van der Waals surface area contributed by atoms with Gasteiger partial charge in [-0.05, 0) is 30.5 Å². The fourth-order valence-electron chi connectivity index (χ4n) is 4.47. The van der Waals surface area contributed by atoms with Crippen molar-refractivity contribution in [2.45, 2.75) is 25.2 Å². The third-order valence-electron chi connectivity index (χ3n) is 6.02. The van der Waals surface area contributed by atoms with E-state index in [0.29, 0.717) is 41.7 Å². The smallest absolute Gasteiger partial charge is 0.265 e. The highest BCUT2D eigenvalue weighted by atomic mass is 35.5. The zero-order valence-corrected chi connectivity index (χ0v) is 18.8. The van der Waals surface area contributed by atoms with Crippen LogP contribution in [0.5, 0.6) is 0 Å². The summed E-state index contributed by atoms with van der Waals surface area (Å²) in [6.45, 7) is 3.09. The van der Waals surface area contributed by atoms with Gasteiger partial charge in [-0.25, -0.2) is 4.98 Å². The molecule has 1 unspecified atom stereocenters. The molecule has 4 aromatic rings. The zero-order valence-electron chi connectivity index (χ0n) is 18.0. The van der Waals surface area contributed by atoms with Gasteiger partial charge >= 0.3 is 0 Å². The van der Waals surface area contributed by atoms with Crippen LogP contribution in [0.15, 0.2) is 59.5 Å². The molecule has 0 radical (unpaired) electrons. The van der Waals surface area contributed by atoms with Gasteiger partial charge in [0.1, 0.15) is 0 Å². The Kier molecular flexibility index (Phi) is 6.36. The number of rotatable bonds is 4. The third-order valence-corrected chi connectivity index (χ3v) is 6.02. The summed E-state index contributed by atoms with van der Waals surface area (Å²) in [4.78, 5) is 32.9. The number of carbonyl (C=O) groups excluding carboxylic acids is 1. The van der Waals surface area contributed by atoms with Crippen molar-refractivity contribution in [1.82, 2.24) is 19.6 Å². The molecule has 2 aromatic carbocycles. The van der Waals surface area contributed by atoms with Crippen molar-refractivity contribution in [2.24, 2.45) is 0 Å². The first-order valence-electron chi connectivity index (χ1n) is 10.6. The van der Waals surface area contributed by atoms with Crippen molar-refractivity contribution in [1.29, 1.82) is 0 Å². The number of fused-ring (bicyclic) bond motifs is 4. The number of aliphatic hydroxyl groups excluding tert-OH is 2. The summed E-state index contributed by atoms with van der Waals surface area (Å²) in [5, 5.41) is 24.7. The molecule has 1 saturated heterocycles. The Bertz CT molecular complexity index is 1400. The van der Waals surface area contributed by atoms with Crippen LogP contribution in [0.25, 0.3) is 27.3 Å². The van der Waals surface area contributed by atoms with Crippen molar-refractivity contribution in [3.63, 3.8) is 0 Å². The van der Waals surface area contributed by atoms with E-state index in [2.05, 4.69) is 5.32 Å². The molecule has 0 spiro atoms. The highest BCUT2D eigenvalue weighted by Gasteiger charge is 2.30. The second-order valence-corrected chi connectivity index (χ2v) is 8.44. The lowest BCUT2D eigenvalue weighted by molar-refractivity contribution is 0.0572. The predicted molar refractivity (Wildman–Crippen MR) is 129 cm³/mol. The minimum atomic E-state index is -0.768. The van der Waals surface area contributed by atoms with Crippen molar-refractivity contribution in [3.8, 4) is 0 Å². The summed E-state index contributed by atoms with van der Waals surface area (Å²) in [6.07, 6.45) is 0.0808. The molecule has 1 aliphatic heterocycles. The first kappa shape index (κ1) is 23.1. The first-order valence-corrected chi connectivity index (χ1v) is 10.6. The fourth-order valence-corrected chi connectivity index (χ4v) is 4.47. The Morgan fingerprint density at radius 1 is 1.09 bits per heavy atom. The van der Waals surface area contributed by atoms with Crippen LogP contribution in [-0.4, -0.2) is 68.3 Å². The minimum Gasteiger partial charge on any atom is -0.389 e. The molecule has 2 aromatic heterocycles. The zero-order chi connectivity index (χ0) is 22.4. The molecule has 1 amide bonds. The lowest BCUT2D eigenvalue weighted by Crippen LogP contribution is -2.42. The monoisotopic (exact) mass is 468 g/mol. The topological polar surface area (TPSA) is 107 Å². The first-order chi connectivity index (χ1) is 15.4. The van der Waals surface area contributed by atoms with Gasteiger partial charge < -0.3 is 15.5 Å². The van der Waals surface area contributed by atoms with E-state index in [9.17, 15) is 19.8 Å². The van der Waals surface area contributed by atoms with Gasteiger partial charge in [-0.15, -0.1) is 12.4 Å². The van der Waals surface area contributed by atoms with Crippen LogP contribution in [0, 0.1) is 0 Å². The molecule has 0 bridgehead atoms. The van der Waals surface area contributed by atoms with E-state index in [1.807, 2.05) is 42.2 Å². The Hall–Kier alpha value is -3.04. The number of nitrogens with zero attached hydrogens (tertiary/aromatic N) is 3. The van der Waals surface area contributed by atoms with E-state index >= 15 is 0 Å². The molecule has 1 aliphatic rings. The minimum absolute atomic E-state index is 0. The quantitative estimate of drug-likeness (QED) is 0.310. The van der Waals surface area contributed by atoms with E-state index in [1.165, 1.54) is 4.40 Å².